The highest BCUT2D eigenvalue weighted by Gasteiger charge is 2.57. The lowest BCUT2D eigenvalue weighted by Gasteiger charge is -2.29. The van der Waals surface area contributed by atoms with Crippen molar-refractivity contribution in [1.29, 1.82) is 0 Å². The van der Waals surface area contributed by atoms with E-state index in [0.29, 0.717) is 36.4 Å². The molecule has 3 aromatic carbocycles. The third-order valence-corrected chi connectivity index (χ3v) is 7.33. The Bertz CT molecular complexity index is 1260. The summed E-state index contributed by atoms with van der Waals surface area (Å²) in [6.07, 6.45) is 0.777. The highest BCUT2D eigenvalue weighted by Crippen LogP contribution is 2.56. The van der Waals surface area contributed by atoms with Crippen LogP contribution >= 0.6 is 11.8 Å². The minimum Gasteiger partial charge on any atom is -0.494 e. The summed E-state index contributed by atoms with van der Waals surface area (Å²) in [6, 6.07) is 21.4. The Balaban J connectivity index is 1.27. The zero-order valence-electron chi connectivity index (χ0n) is 18.5. The molecule has 1 unspecified atom stereocenters. The number of para-hydroxylation sites is 1. The molecule has 1 saturated heterocycles. The maximum absolute atomic E-state index is 13.4. The maximum Gasteiger partial charge on any atom is 0.261 e. The van der Waals surface area contributed by atoms with Gasteiger partial charge in [0.2, 0.25) is 5.91 Å². The van der Waals surface area contributed by atoms with E-state index >= 15 is 0 Å². The standard InChI is InChI=1S/C26H23N3O4S/c1-2-33-20-13-11-18(12-14-20)27-24(31)17-7-9-19(10-8-17)28-25(32)26-16-15-23(30)29(26)21-5-3-4-6-22(21)34-26/h3-14H,2,15-16H2,1H3,(H,27,31)(H,28,32). The van der Waals surface area contributed by atoms with Crippen LogP contribution in [0.4, 0.5) is 17.1 Å². The van der Waals surface area contributed by atoms with Gasteiger partial charge in [-0.05, 0) is 74.0 Å². The van der Waals surface area contributed by atoms with Crippen molar-refractivity contribution in [2.24, 2.45) is 0 Å². The Morgan fingerprint density at radius 2 is 1.65 bits per heavy atom. The Morgan fingerprint density at radius 3 is 2.38 bits per heavy atom. The number of anilines is 3. The Morgan fingerprint density at radius 1 is 0.971 bits per heavy atom. The normalized spacial score (nSPS) is 18.3. The second-order valence-corrected chi connectivity index (χ2v) is 9.35. The van der Waals surface area contributed by atoms with Crippen LogP contribution in [0.2, 0.25) is 0 Å². The van der Waals surface area contributed by atoms with Gasteiger partial charge < -0.3 is 15.4 Å². The van der Waals surface area contributed by atoms with Crippen molar-refractivity contribution >= 4 is 46.5 Å². The SMILES string of the molecule is CCOc1ccc(NC(=O)c2ccc(NC(=O)C34CCC(=O)N3c3ccccc3S4)cc2)cc1. The van der Waals surface area contributed by atoms with Crippen LogP contribution in [-0.4, -0.2) is 29.2 Å². The van der Waals surface area contributed by atoms with E-state index in [1.54, 1.807) is 53.4 Å². The van der Waals surface area contributed by atoms with E-state index < -0.39 is 4.87 Å². The molecule has 2 aliphatic heterocycles. The van der Waals surface area contributed by atoms with Gasteiger partial charge in [-0.2, -0.15) is 0 Å². The van der Waals surface area contributed by atoms with Gasteiger partial charge in [-0.1, -0.05) is 23.9 Å². The molecule has 0 spiro atoms. The number of carbonyl (C=O) groups is 3. The fourth-order valence-corrected chi connectivity index (χ4v) is 5.65. The fraction of sp³-hybridized carbons (Fsp3) is 0.192. The number of nitrogens with zero attached hydrogens (tertiary/aromatic N) is 1. The molecule has 0 bridgehead atoms. The third kappa shape index (κ3) is 3.90. The van der Waals surface area contributed by atoms with Crippen LogP contribution in [0.3, 0.4) is 0 Å². The van der Waals surface area contributed by atoms with Crippen LogP contribution in [0.5, 0.6) is 5.75 Å². The molecule has 3 aromatic rings. The number of ether oxygens (including phenoxy) is 1. The molecular formula is C26H23N3O4S. The zero-order chi connectivity index (χ0) is 23.7. The van der Waals surface area contributed by atoms with E-state index in [-0.39, 0.29) is 17.7 Å². The first kappa shape index (κ1) is 22.0. The number of carbonyl (C=O) groups excluding carboxylic acids is 3. The van der Waals surface area contributed by atoms with Crippen molar-refractivity contribution in [3.63, 3.8) is 0 Å². The molecule has 3 amide bonds. The summed E-state index contributed by atoms with van der Waals surface area (Å²) in [5.74, 6) is 0.196. The van der Waals surface area contributed by atoms with Crippen LogP contribution in [0, 0.1) is 0 Å². The molecule has 1 fully saturated rings. The second-order valence-electron chi connectivity index (χ2n) is 8.03. The summed E-state index contributed by atoms with van der Waals surface area (Å²) in [7, 11) is 0. The van der Waals surface area contributed by atoms with Crippen molar-refractivity contribution in [2.75, 3.05) is 22.1 Å². The topological polar surface area (TPSA) is 87.7 Å². The van der Waals surface area contributed by atoms with E-state index in [9.17, 15) is 14.4 Å². The molecule has 0 aliphatic carbocycles. The molecule has 0 radical (unpaired) electrons. The zero-order valence-corrected chi connectivity index (χ0v) is 19.4. The molecule has 8 heteroatoms. The van der Waals surface area contributed by atoms with E-state index in [2.05, 4.69) is 10.6 Å². The summed E-state index contributed by atoms with van der Waals surface area (Å²) in [6.45, 7) is 2.49. The molecule has 5 rings (SSSR count). The fourth-order valence-electron chi connectivity index (χ4n) is 4.24. The number of hydrogen-bond acceptors (Lipinski definition) is 5. The van der Waals surface area contributed by atoms with Gasteiger partial charge in [0.05, 0.1) is 12.3 Å². The molecule has 0 aromatic heterocycles. The summed E-state index contributed by atoms with van der Waals surface area (Å²) in [5, 5.41) is 5.78. The van der Waals surface area contributed by atoms with Crippen LogP contribution < -0.4 is 20.3 Å². The third-order valence-electron chi connectivity index (χ3n) is 5.86. The Hall–Kier alpha value is -3.78. The van der Waals surface area contributed by atoms with Crippen LogP contribution in [0.1, 0.15) is 30.1 Å². The first-order chi connectivity index (χ1) is 16.5. The van der Waals surface area contributed by atoms with E-state index in [4.69, 9.17) is 4.74 Å². The monoisotopic (exact) mass is 473 g/mol. The number of benzene rings is 3. The lowest BCUT2D eigenvalue weighted by molar-refractivity contribution is -0.121. The summed E-state index contributed by atoms with van der Waals surface area (Å²) in [4.78, 5) is 40.1. The minimum atomic E-state index is -0.982. The van der Waals surface area contributed by atoms with E-state index in [0.717, 1.165) is 16.3 Å². The minimum absolute atomic E-state index is 0.0473. The molecule has 34 heavy (non-hydrogen) atoms. The molecule has 7 nitrogen and oxygen atoms in total. The summed E-state index contributed by atoms with van der Waals surface area (Å²) < 4.78 is 5.41. The number of rotatable bonds is 6. The highest BCUT2D eigenvalue weighted by atomic mass is 32.2. The van der Waals surface area contributed by atoms with Gasteiger partial charge in [0.15, 0.2) is 4.87 Å². The molecular weight excluding hydrogens is 450 g/mol. The van der Waals surface area contributed by atoms with E-state index in [1.807, 2.05) is 31.2 Å². The van der Waals surface area contributed by atoms with Crippen molar-refractivity contribution < 1.29 is 19.1 Å². The smallest absolute Gasteiger partial charge is 0.261 e. The number of amides is 3. The quantitative estimate of drug-likeness (QED) is 0.531. The number of fused-ring (bicyclic) bond motifs is 3. The first-order valence-corrected chi connectivity index (χ1v) is 11.9. The Labute approximate surface area is 201 Å². The van der Waals surface area contributed by atoms with Crippen LogP contribution in [0.15, 0.2) is 77.7 Å². The highest BCUT2D eigenvalue weighted by molar-refractivity contribution is 8.02. The Kier molecular flexibility index (Phi) is 5.75. The van der Waals surface area contributed by atoms with Gasteiger partial charge in [0.25, 0.3) is 11.8 Å². The van der Waals surface area contributed by atoms with Gasteiger partial charge in [-0.25, -0.2) is 0 Å². The van der Waals surface area contributed by atoms with Gasteiger partial charge in [-0.15, -0.1) is 0 Å². The van der Waals surface area contributed by atoms with Crippen molar-refractivity contribution in [3.05, 3.63) is 78.4 Å². The number of nitrogens with one attached hydrogen (secondary N) is 2. The molecule has 172 valence electrons. The van der Waals surface area contributed by atoms with E-state index in [1.165, 1.54) is 11.8 Å². The van der Waals surface area contributed by atoms with Gasteiger partial charge in [0.1, 0.15) is 5.75 Å². The second kappa shape index (κ2) is 8.87. The predicted molar refractivity (Wildman–Crippen MR) is 132 cm³/mol. The maximum atomic E-state index is 13.4. The summed E-state index contributed by atoms with van der Waals surface area (Å²) in [5.41, 5.74) is 2.47. The largest absolute Gasteiger partial charge is 0.494 e. The molecule has 2 aliphatic rings. The van der Waals surface area contributed by atoms with Crippen molar-refractivity contribution in [3.8, 4) is 5.75 Å². The molecule has 2 heterocycles. The number of thioether (sulfide) groups is 1. The lowest BCUT2D eigenvalue weighted by atomic mass is 10.1. The van der Waals surface area contributed by atoms with Crippen molar-refractivity contribution in [2.45, 2.75) is 29.5 Å². The lowest BCUT2D eigenvalue weighted by Crippen LogP contribution is -2.49. The number of hydrogen-bond donors (Lipinski definition) is 2. The molecule has 1 atom stereocenters. The summed E-state index contributed by atoms with van der Waals surface area (Å²) >= 11 is 1.42. The first-order valence-electron chi connectivity index (χ1n) is 11.1. The average molecular weight is 474 g/mol. The molecule has 0 saturated carbocycles. The average Bonchev–Trinajstić information content (AvgIpc) is 3.36. The van der Waals surface area contributed by atoms with Crippen molar-refractivity contribution in [1.82, 2.24) is 0 Å². The predicted octanol–water partition coefficient (Wildman–Crippen LogP) is 4.91. The van der Waals surface area contributed by atoms with Gasteiger partial charge >= 0.3 is 0 Å². The van der Waals surface area contributed by atoms with Gasteiger partial charge in [-0.3, -0.25) is 19.3 Å². The van der Waals surface area contributed by atoms with Gasteiger partial charge in [0, 0.05) is 28.3 Å². The van der Waals surface area contributed by atoms with Crippen LogP contribution in [0.25, 0.3) is 0 Å². The molecule has 2 N–H and O–H groups in total. The van der Waals surface area contributed by atoms with Crippen LogP contribution in [-0.2, 0) is 9.59 Å².